The van der Waals surface area contributed by atoms with Gasteiger partial charge < -0.3 is 16.4 Å². The van der Waals surface area contributed by atoms with E-state index in [2.05, 4.69) is 10.6 Å². The van der Waals surface area contributed by atoms with E-state index < -0.39 is 23.5 Å². The van der Waals surface area contributed by atoms with Crippen molar-refractivity contribution in [1.29, 1.82) is 0 Å². The van der Waals surface area contributed by atoms with Crippen molar-refractivity contribution in [2.24, 2.45) is 0 Å². The van der Waals surface area contributed by atoms with Crippen LogP contribution in [0.2, 0.25) is 0 Å². The molecule has 7 heteroatoms. The lowest BCUT2D eigenvalue weighted by Gasteiger charge is -2.09. The van der Waals surface area contributed by atoms with Crippen LogP contribution in [-0.2, 0) is 0 Å². The second-order valence-corrected chi connectivity index (χ2v) is 3.94. The summed E-state index contributed by atoms with van der Waals surface area (Å²) in [6, 6.07) is 5.77. The Morgan fingerprint density at radius 3 is 2.25 bits per heavy atom. The fourth-order valence-corrected chi connectivity index (χ4v) is 1.48. The number of nitrogen functional groups attached to an aromatic ring is 1. The quantitative estimate of drug-likeness (QED) is 0.739. The first kappa shape index (κ1) is 13.7. The standard InChI is InChI=1S/C13H10F3N3O/c14-7-1-3-8(4-2-7)18-13(20)19-12-6-11(17)9(15)5-10(12)16/h1-6H,17H2,(H2,18,19,20). The Morgan fingerprint density at radius 2 is 1.60 bits per heavy atom. The molecule has 0 heterocycles. The molecule has 2 amide bonds. The van der Waals surface area contributed by atoms with Gasteiger partial charge in [-0.25, -0.2) is 18.0 Å². The van der Waals surface area contributed by atoms with Crippen molar-refractivity contribution in [3.63, 3.8) is 0 Å². The molecular formula is C13H10F3N3O. The van der Waals surface area contributed by atoms with E-state index in [-0.39, 0.29) is 11.4 Å². The molecule has 0 bridgehead atoms. The topological polar surface area (TPSA) is 67.1 Å². The molecule has 2 aromatic rings. The third-order valence-electron chi connectivity index (χ3n) is 2.44. The summed E-state index contributed by atoms with van der Waals surface area (Å²) in [5.41, 5.74) is 5.05. The van der Waals surface area contributed by atoms with E-state index in [4.69, 9.17) is 5.73 Å². The third-order valence-corrected chi connectivity index (χ3v) is 2.44. The van der Waals surface area contributed by atoms with Crippen LogP contribution in [0, 0.1) is 17.5 Å². The van der Waals surface area contributed by atoms with Gasteiger partial charge in [-0.2, -0.15) is 0 Å². The van der Waals surface area contributed by atoms with Crippen LogP contribution >= 0.6 is 0 Å². The van der Waals surface area contributed by atoms with Crippen LogP contribution in [0.25, 0.3) is 0 Å². The van der Waals surface area contributed by atoms with E-state index in [0.717, 1.165) is 18.2 Å². The molecule has 0 unspecified atom stereocenters. The van der Waals surface area contributed by atoms with Crippen molar-refractivity contribution < 1.29 is 18.0 Å². The molecule has 0 aliphatic carbocycles. The lowest BCUT2D eigenvalue weighted by Crippen LogP contribution is -2.20. The van der Waals surface area contributed by atoms with Gasteiger partial charge in [0.25, 0.3) is 0 Å². The van der Waals surface area contributed by atoms with Gasteiger partial charge >= 0.3 is 6.03 Å². The van der Waals surface area contributed by atoms with Gasteiger partial charge in [-0.3, -0.25) is 0 Å². The van der Waals surface area contributed by atoms with Crippen LogP contribution in [0.3, 0.4) is 0 Å². The molecule has 2 aromatic carbocycles. The monoisotopic (exact) mass is 281 g/mol. The molecule has 0 radical (unpaired) electrons. The first-order chi connectivity index (χ1) is 9.45. The Hall–Kier alpha value is -2.70. The second-order valence-electron chi connectivity index (χ2n) is 3.94. The number of hydrogen-bond acceptors (Lipinski definition) is 2. The smallest absolute Gasteiger partial charge is 0.323 e. The number of carbonyl (C=O) groups excluding carboxylic acids is 1. The van der Waals surface area contributed by atoms with Crippen molar-refractivity contribution >= 4 is 23.1 Å². The van der Waals surface area contributed by atoms with E-state index in [0.29, 0.717) is 11.8 Å². The normalized spacial score (nSPS) is 10.2. The summed E-state index contributed by atoms with van der Waals surface area (Å²) in [5.74, 6) is -2.31. The van der Waals surface area contributed by atoms with E-state index in [9.17, 15) is 18.0 Å². The minimum Gasteiger partial charge on any atom is -0.396 e. The highest BCUT2D eigenvalue weighted by Gasteiger charge is 2.10. The van der Waals surface area contributed by atoms with Crippen LogP contribution in [0.4, 0.5) is 35.0 Å². The average molecular weight is 281 g/mol. The fraction of sp³-hybridized carbons (Fsp3) is 0. The number of amides is 2. The van der Waals surface area contributed by atoms with E-state index in [1.807, 2.05) is 0 Å². The summed E-state index contributed by atoms with van der Waals surface area (Å²) < 4.78 is 39.0. The van der Waals surface area contributed by atoms with Gasteiger partial charge in [-0.15, -0.1) is 0 Å². The third kappa shape index (κ3) is 3.19. The van der Waals surface area contributed by atoms with Gasteiger partial charge in [0.2, 0.25) is 0 Å². The van der Waals surface area contributed by atoms with Crippen LogP contribution < -0.4 is 16.4 Å². The van der Waals surface area contributed by atoms with Gasteiger partial charge in [-0.05, 0) is 30.3 Å². The Morgan fingerprint density at radius 1 is 0.950 bits per heavy atom. The maximum atomic E-state index is 13.4. The van der Waals surface area contributed by atoms with E-state index in [1.165, 1.54) is 12.1 Å². The molecular weight excluding hydrogens is 271 g/mol. The van der Waals surface area contributed by atoms with Crippen LogP contribution in [0.1, 0.15) is 0 Å². The van der Waals surface area contributed by atoms with Gasteiger partial charge in [-0.1, -0.05) is 0 Å². The van der Waals surface area contributed by atoms with Gasteiger partial charge in [0.05, 0.1) is 11.4 Å². The molecule has 0 aromatic heterocycles. The molecule has 2 rings (SSSR count). The summed E-state index contributed by atoms with van der Waals surface area (Å²) in [4.78, 5) is 11.6. The summed E-state index contributed by atoms with van der Waals surface area (Å²) in [6.07, 6.45) is 0. The number of rotatable bonds is 2. The molecule has 20 heavy (non-hydrogen) atoms. The predicted molar refractivity (Wildman–Crippen MR) is 69.8 cm³/mol. The summed E-state index contributed by atoms with van der Waals surface area (Å²) in [6.45, 7) is 0. The number of nitrogens with one attached hydrogen (secondary N) is 2. The first-order valence-corrected chi connectivity index (χ1v) is 5.54. The Balaban J connectivity index is 2.08. The SMILES string of the molecule is Nc1cc(NC(=O)Nc2ccc(F)cc2)c(F)cc1F. The summed E-state index contributed by atoms with van der Waals surface area (Å²) >= 11 is 0. The van der Waals surface area contributed by atoms with Crippen molar-refractivity contribution in [3.8, 4) is 0 Å². The molecule has 0 saturated carbocycles. The number of halogens is 3. The van der Waals surface area contributed by atoms with Gasteiger partial charge in [0.15, 0.2) is 0 Å². The van der Waals surface area contributed by atoms with Gasteiger partial charge in [0, 0.05) is 11.8 Å². The number of carbonyl (C=O) groups is 1. The minimum atomic E-state index is -0.953. The Kier molecular flexibility index (Phi) is 3.79. The molecule has 0 aliphatic heterocycles. The molecule has 0 aliphatic rings. The van der Waals surface area contributed by atoms with Gasteiger partial charge in [0.1, 0.15) is 17.5 Å². The second kappa shape index (κ2) is 5.52. The summed E-state index contributed by atoms with van der Waals surface area (Å²) in [7, 11) is 0. The molecule has 0 spiro atoms. The van der Waals surface area contributed by atoms with Crippen molar-refractivity contribution in [2.45, 2.75) is 0 Å². The highest BCUT2D eigenvalue weighted by atomic mass is 19.1. The minimum absolute atomic E-state index is 0.261. The lowest BCUT2D eigenvalue weighted by atomic mass is 10.2. The zero-order chi connectivity index (χ0) is 14.7. The van der Waals surface area contributed by atoms with E-state index >= 15 is 0 Å². The number of urea groups is 1. The Bertz CT molecular complexity index is 644. The van der Waals surface area contributed by atoms with Crippen molar-refractivity contribution in [1.82, 2.24) is 0 Å². The molecule has 4 N–H and O–H groups in total. The van der Waals surface area contributed by atoms with Crippen molar-refractivity contribution in [3.05, 3.63) is 53.8 Å². The molecule has 0 atom stereocenters. The summed E-state index contributed by atoms with van der Waals surface area (Å²) in [5, 5.41) is 4.54. The maximum absolute atomic E-state index is 13.4. The fourth-order valence-electron chi connectivity index (χ4n) is 1.48. The molecule has 0 fully saturated rings. The van der Waals surface area contributed by atoms with E-state index in [1.54, 1.807) is 0 Å². The molecule has 104 valence electrons. The first-order valence-electron chi connectivity index (χ1n) is 5.54. The van der Waals surface area contributed by atoms with Crippen LogP contribution in [-0.4, -0.2) is 6.03 Å². The van der Waals surface area contributed by atoms with Crippen LogP contribution in [0.5, 0.6) is 0 Å². The average Bonchev–Trinajstić information content (AvgIpc) is 2.39. The number of benzene rings is 2. The largest absolute Gasteiger partial charge is 0.396 e. The van der Waals surface area contributed by atoms with Crippen molar-refractivity contribution in [2.75, 3.05) is 16.4 Å². The predicted octanol–water partition coefficient (Wildman–Crippen LogP) is 3.33. The highest BCUT2D eigenvalue weighted by molar-refractivity contribution is 6.00. The van der Waals surface area contributed by atoms with Crippen LogP contribution in [0.15, 0.2) is 36.4 Å². The number of anilines is 3. The number of nitrogens with two attached hydrogens (primary N) is 1. The zero-order valence-corrected chi connectivity index (χ0v) is 10.1. The number of hydrogen-bond donors (Lipinski definition) is 3. The molecule has 0 saturated heterocycles. The zero-order valence-electron chi connectivity index (χ0n) is 10.1. The molecule has 4 nitrogen and oxygen atoms in total. The highest BCUT2D eigenvalue weighted by Crippen LogP contribution is 2.21. The Labute approximate surface area is 112 Å². The maximum Gasteiger partial charge on any atom is 0.323 e. The lowest BCUT2D eigenvalue weighted by molar-refractivity contribution is 0.262.